The number of hydrogen-bond donors (Lipinski definition) is 1. The van der Waals surface area contributed by atoms with Crippen LogP contribution in [0.15, 0.2) is 18.2 Å². The second-order valence-electron chi connectivity index (χ2n) is 4.38. The van der Waals surface area contributed by atoms with Gasteiger partial charge in [-0.2, -0.15) is 0 Å². The lowest BCUT2D eigenvalue weighted by atomic mass is 10.2. The van der Waals surface area contributed by atoms with Crippen molar-refractivity contribution >= 4 is 28.8 Å². The van der Waals surface area contributed by atoms with Gasteiger partial charge in [0.05, 0.1) is 25.4 Å². The van der Waals surface area contributed by atoms with E-state index in [1.165, 1.54) is 11.5 Å². The molecule has 0 aliphatic heterocycles. The first-order valence-electron chi connectivity index (χ1n) is 6.15. The third-order valence-electron chi connectivity index (χ3n) is 2.51. The van der Waals surface area contributed by atoms with Gasteiger partial charge < -0.3 is 14.8 Å². The molecule has 1 heterocycles. The Morgan fingerprint density at radius 1 is 1.40 bits per heavy atom. The number of nitrogens with one attached hydrogen (secondary N) is 1. The molecule has 7 heteroatoms. The van der Waals surface area contributed by atoms with Gasteiger partial charge >= 0.3 is 0 Å². The van der Waals surface area contributed by atoms with Gasteiger partial charge in [0, 0.05) is 17.6 Å². The molecule has 0 radical (unpaired) electrons. The van der Waals surface area contributed by atoms with Crippen LogP contribution >= 0.6 is 23.1 Å². The van der Waals surface area contributed by atoms with Crippen molar-refractivity contribution in [1.82, 2.24) is 9.59 Å². The number of methoxy groups -OCH3 is 1. The van der Waals surface area contributed by atoms with Crippen LogP contribution in [0.4, 0.5) is 5.69 Å². The van der Waals surface area contributed by atoms with Crippen molar-refractivity contribution < 1.29 is 9.47 Å². The van der Waals surface area contributed by atoms with Crippen LogP contribution < -0.4 is 14.8 Å². The monoisotopic (exact) mass is 313 g/mol. The fourth-order valence-corrected chi connectivity index (χ4v) is 2.24. The van der Waals surface area contributed by atoms with E-state index in [1.54, 1.807) is 7.11 Å². The summed E-state index contributed by atoms with van der Waals surface area (Å²) in [5.74, 6) is 1.52. The minimum Gasteiger partial charge on any atom is -0.497 e. The van der Waals surface area contributed by atoms with Gasteiger partial charge in [-0.1, -0.05) is 16.1 Å². The van der Waals surface area contributed by atoms with E-state index in [0.717, 1.165) is 22.9 Å². The molecule has 0 atom stereocenters. The summed E-state index contributed by atoms with van der Waals surface area (Å²) >= 11 is 7.16. The number of ether oxygens (including phenoxy) is 2. The topological polar surface area (TPSA) is 56.3 Å². The first-order valence-corrected chi connectivity index (χ1v) is 7.30. The van der Waals surface area contributed by atoms with E-state index in [2.05, 4.69) is 14.9 Å². The summed E-state index contributed by atoms with van der Waals surface area (Å²) in [6.07, 6.45) is 0.0912. The van der Waals surface area contributed by atoms with Crippen LogP contribution in [0.25, 0.3) is 0 Å². The van der Waals surface area contributed by atoms with Crippen molar-refractivity contribution in [2.24, 2.45) is 0 Å². The molecule has 0 saturated carbocycles. The normalized spacial score (nSPS) is 10.7. The molecule has 2 rings (SSSR count). The summed E-state index contributed by atoms with van der Waals surface area (Å²) < 4.78 is 15.4. The lowest BCUT2D eigenvalue weighted by molar-refractivity contribution is 0.243. The molecule has 20 heavy (non-hydrogen) atoms. The molecule has 1 N–H and O–H groups in total. The molecular formula is C13H16ClN3O2S. The Morgan fingerprint density at radius 3 is 2.80 bits per heavy atom. The molecule has 1 aromatic heterocycles. The molecule has 0 bridgehead atoms. The van der Waals surface area contributed by atoms with Gasteiger partial charge in [0.15, 0.2) is 0 Å². The Hall–Kier alpha value is -1.53. The van der Waals surface area contributed by atoms with Crippen molar-refractivity contribution in [2.45, 2.75) is 26.5 Å². The number of hydrogen-bond acceptors (Lipinski definition) is 6. The predicted octanol–water partition coefficient (Wildman–Crippen LogP) is 3.60. The van der Waals surface area contributed by atoms with Crippen LogP contribution in [0.5, 0.6) is 11.5 Å². The number of benzene rings is 1. The minimum absolute atomic E-state index is 0.0912. The van der Waals surface area contributed by atoms with Crippen LogP contribution in [-0.4, -0.2) is 22.8 Å². The highest BCUT2D eigenvalue weighted by atomic mass is 35.5. The first-order chi connectivity index (χ1) is 9.60. The molecule has 5 nitrogen and oxygen atoms in total. The second-order valence-corrected chi connectivity index (χ2v) is 5.73. The standard InChI is InChI=1S/C13H16ClN3O2S/c1-8(2)19-12-5-4-9(18-3)6-10(12)15-7-11-13(14)20-17-16-11/h4-6,8,15H,7H2,1-3H3. The van der Waals surface area contributed by atoms with Gasteiger partial charge in [-0.05, 0) is 26.0 Å². The van der Waals surface area contributed by atoms with E-state index in [1.807, 2.05) is 32.0 Å². The van der Waals surface area contributed by atoms with E-state index in [-0.39, 0.29) is 6.10 Å². The molecule has 0 aliphatic rings. The minimum atomic E-state index is 0.0912. The molecule has 0 fully saturated rings. The first kappa shape index (κ1) is 14.9. The van der Waals surface area contributed by atoms with E-state index in [4.69, 9.17) is 21.1 Å². The van der Waals surface area contributed by atoms with Gasteiger partial charge in [0.1, 0.15) is 21.5 Å². The largest absolute Gasteiger partial charge is 0.497 e. The molecule has 1 aromatic carbocycles. The summed E-state index contributed by atoms with van der Waals surface area (Å²) in [7, 11) is 1.63. The zero-order valence-electron chi connectivity index (χ0n) is 11.5. The lowest BCUT2D eigenvalue weighted by Gasteiger charge is -2.16. The Labute approximate surface area is 127 Å². The Balaban J connectivity index is 2.17. The number of rotatable bonds is 6. The Morgan fingerprint density at radius 2 is 2.20 bits per heavy atom. The fourth-order valence-electron chi connectivity index (χ4n) is 1.61. The molecule has 2 aromatic rings. The summed E-state index contributed by atoms with van der Waals surface area (Å²) in [6, 6.07) is 5.62. The smallest absolute Gasteiger partial charge is 0.143 e. The van der Waals surface area contributed by atoms with Gasteiger partial charge in [-0.3, -0.25) is 0 Å². The number of anilines is 1. The SMILES string of the molecule is COc1ccc(OC(C)C)c(NCc2nnsc2Cl)c1. The zero-order valence-corrected chi connectivity index (χ0v) is 13.1. The molecule has 108 valence electrons. The molecule has 0 saturated heterocycles. The number of halogens is 1. The predicted molar refractivity (Wildman–Crippen MR) is 81.0 cm³/mol. The summed E-state index contributed by atoms with van der Waals surface area (Å²) in [6.45, 7) is 4.45. The third kappa shape index (κ3) is 3.74. The third-order valence-corrected chi connectivity index (χ3v) is 3.49. The van der Waals surface area contributed by atoms with Crippen LogP contribution in [0.2, 0.25) is 4.34 Å². The highest BCUT2D eigenvalue weighted by Crippen LogP contribution is 2.31. The number of nitrogens with zero attached hydrogens (tertiary/aromatic N) is 2. The second kappa shape index (κ2) is 6.76. The molecule has 0 unspecified atom stereocenters. The summed E-state index contributed by atoms with van der Waals surface area (Å²) in [5.41, 5.74) is 1.55. The molecular weight excluding hydrogens is 298 g/mol. The van der Waals surface area contributed by atoms with Gasteiger partial charge in [-0.25, -0.2) is 0 Å². The van der Waals surface area contributed by atoms with Gasteiger partial charge in [0.2, 0.25) is 0 Å². The van der Waals surface area contributed by atoms with Crippen LogP contribution in [0.3, 0.4) is 0 Å². The maximum atomic E-state index is 5.99. The van der Waals surface area contributed by atoms with E-state index >= 15 is 0 Å². The van der Waals surface area contributed by atoms with E-state index < -0.39 is 0 Å². The van der Waals surface area contributed by atoms with Crippen molar-refractivity contribution in [3.63, 3.8) is 0 Å². The highest BCUT2D eigenvalue weighted by molar-refractivity contribution is 7.10. The van der Waals surface area contributed by atoms with Crippen LogP contribution in [-0.2, 0) is 6.54 Å². The van der Waals surface area contributed by atoms with Crippen molar-refractivity contribution in [3.8, 4) is 11.5 Å². The summed E-state index contributed by atoms with van der Waals surface area (Å²) in [5, 5.41) is 7.22. The average molecular weight is 314 g/mol. The van der Waals surface area contributed by atoms with Crippen LogP contribution in [0, 0.1) is 0 Å². The van der Waals surface area contributed by atoms with Gasteiger partial charge in [0.25, 0.3) is 0 Å². The van der Waals surface area contributed by atoms with E-state index in [0.29, 0.717) is 10.9 Å². The molecule has 0 amide bonds. The number of aromatic nitrogens is 2. The van der Waals surface area contributed by atoms with Crippen molar-refractivity contribution in [1.29, 1.82) is 0 Å². The lowest BCUT2D eigenvalue weighted by Crippen LogP contribution is -2.09. The Bertz CT molecular complexity index is 574. The van der Waals surface area contributed by atoms with Crippen LogP contribution in [0.1, 0.15) is 19.5 Å². The van der Waals surface area contributed by atoms with E-state index in [9.17, 15) is 0 Å². The maximum absolute atomic E-state index is 5.99. The fraction of sp³-hybridized carbons (Fsp3) is 0.385. The zero-order chi connectivity index (χ0) is 14.5. The maximum Gasteiger partial charge on any atom is 0.143 e. The summed E-state index contributed by atoms with van der Waals surface area (Å²) in [4.78, 5) is 0. The molecule has 0 spiro atoms. The van der Waals surface area contributed by atoms with Crippen molar-refractivity contribution in [2.75, 3.05) is 12.4 Å². The van der Waals surface area contributed by atoms with Gasteiger partial charge in [-0.15, -0.1) is 5.10 Å². The van der Waals surface area contributed by atoms with Crippen molar-refractivity contribution in [3.05, 3.63) is 28.2 Å². The average Bonchev–Trinajstić information content (AvgIpc) is 2.82. The Kier molecular flexibility index (Phi) is 5.03. The molecule has 0 aliphatic carbocycles. The highest BCUT2D eigenvalue weighted by Gasteiger charge is 2.10. The quantitative estimate of drug-likeness (QED) is 0.883.